The largest absolute Gasteiger partial charge is 0.330 e. The molecule has 0 unspecified atom stereocenters. The summed E-state index contributed by atoms with van der Waals surface area (Å²) >= 11 is 26.0. The van der Waals surface area contributed by atoms with Gasteiger partial charge in [-0.3, -0.25) is 4.57 Å². The van der Waals surface area contributed by atoms with E-state index in [0.29, 0.717) is 19.8 Å². The van der Waals surface area contributed by atoms with Crippen LogP contribution in [-0.4, -0.2) is 9.55 Å². The average molecular weight is 456 g/mol. The molecule has 0 spiro atoms. The lowest BCUT2D eigenvalue weighted by Crippen LogP contribution is -1.95. The van der Waals surface area contributed by atoms with Crippen LogP contribution in [0.5, 0.6) is 0 Å². The Hall–Kier alpha value is -0.270. The summed E-state index contributed by atoms with van der Waals surface area (Å²) in [7, 11) is 0. The second-order valence-corrected chi connectivity index (χ2v) is 7.00. The number of nitrogens with one attached hydrogen (secondary N) is 1. The van der Waals surface area contributed by atoms with E-state index in [0.717, 1.165) is 20.3 Å². The number of aromatic amines is 1. The zero-order valence-corrected chi connectivity index (χ0v) is 15.0. The van der Waals surface area contributed by atoms with Crippen LogP contribution in [0.1, 0.15) is 0 Å². The highest BCUT2D eigenvalue weighted by atomic mass is 127. The third-order valence-electron chi connectivity index (χ3n) is 2.87. The van der Waals surface area contributed by atoms with Gasteiger partial charge in [0, 0.05) is 3.57 Å². The third-order valence-corrected chi connectivity index (χ3v) is 4.86. The molecule has 0 saturated heterocycles. The van der Waals surface area contributed by atoms with Crippen LogP contribution in [0.25, 0.3) is 16.7 Å². The van der Waals surface area contributed by atoms with Crippen LogP contribution < -0.4 is 0 Å². The van der Waals surface area contributed by atoms with E-state index in [4.69, 9.17) is 47.0 Å². The van der Waals surface area contributed by atoms with Gasteiger partial charge in [0.25, 0.3) is 0 Å². The Kier molecular flexibility index (Phi) is 4.03. The fourth-order valence-corrected chi connectivity index (χ4v) is 3.57. The van der Waals surface area contributed by atoms with Crippen LogP contribution in [0.3, 0.4) is 0 Å². The molecular formula is C13H6Cl3IN2S. The number of H-pyrrole nitrogens is 1. The van der Waals surface area contributed by atoms with Crippen molar-refractivity contribution in [1.29, 1.82) is 0 Å². The Bertz CT molecular complexity index is 885. The van der Waals surface area contributed by atoms with Crippen LogP contribution in [0.4, 0.5) is 0 Å². The molecule has 0 amide bonds. The van der Waals surface area contributed by atoms with Crippen molar-refractivity contribution in [3.8, 4) is 5.69 Å². The zero-order chi connectivity index (χ0) is 14.4. The summed E-state index contributed by atoms with van der Waals surface area (Å²) in [5.74, 6) is 0. The molecule has 0 saturated carbocycles. The van der Waals surface area contributed by atoms with E-state index in [2.05, 4.69) is 27.6 Å². The first-order chi connectivity index (χ1) is 9.47. The number of imidazole rings is 1. The van der Waals surface area contributed by atoms with E-state index < -0.39 is 0 Å². The summed E-state index contributed by atoms with van der Waals surface area (Å²) in [4.78, 5) is 3.11. The lowest BCUT2D eigenvalue weighted by Gasteiger charge is -2.08. The fraction of sp³-hybridized carbons (Fsp3) is 0. The summed E-state index contributed by atoms with van der Waals surface area (Å²) in [6.07, 6.45) is 0. The van der Waals surface area contributed by atoms with Gasteiger partial charge in [0.05, 0.1) is 31.8 Å². The Morgan fingerprint density at radius 1 is 1.00 bits per heavy atom. The van der Waals surface area contributed by atoms with Crippen LogP contribution in [0.15, 0.2) is 30.3 Å². The number of hydrogen-bond acceptors (Lipinski definition) is 1. The van der Waals surface area contributed by atoms with Crippen molar-refractivity contribution in [2.24, 2.45) is 0 Å². The minimum absolute atomic E-state index is 0.476. The predicted molar refractivity (Wildman–Crippen MR) is 96.2 cm³/mol. The van der Waals surface area contributed by atoms with Crippen molar-refractivity contribution in [1.82, 2.24) is 9.55 Å². The van der Waals surface area contributed by atoms with Crippen molar-refractivity contribution < 1.29 is 0 Å². The first kappa shape index (κ1) is 14.7. The van der Waals surface area contributed by atoms with Gasteiger partial charge < -0.3 is 4.98 Å². The molecule has 3 aromatic rings. The van der Waals surface area contributed by atoms with E-state index >= 15 is 0 Å². The summed E-state index contributed by atoms with van der Waals surface area (Å²) in [5, 5.41) is 1.58. The molecule has 1 aromatic heterocycles. The molecule has 0 bridgehead atoms. The monoisotopic (exact) mass is 454 g/mol. The van der Waals surface area contributed by atoms with Crippen molar-refractivity contribution >= 4 is 80.6 Å². The van der Waals surface area contributed by atoms with Crippen LogP contribution in [0.2, 0.25) is 15.1 Å². The molecule has 2 aromatic carbocycles. The fourth-order valence-electron chi connectivity index (χ4n) is 2.00. The van der Waals surface area contributed by atoms with Gasteiger partial charge in [0.15, 0.2) is 4.77 Å². The highest BCUT2D eigenvalue weighted by molar-refractivity contribution is 14.1. The molecule has 0 aliphatic carbocycles. The summed E-state index contributed by atoms with van der Waals surface area (Å²) in [6.45, 7) is 0. The molecule has 0 atom stereocenters. The SMILES string of the molecule is S=c1[nH]c2cc(Cl)c(Cl)cc2n1-c1ccc(I)cc1Cl. The van der Waals surface area contributed by atoms with Crippen molar-refractivity contribution in [2.75, 3.05) is 0 Å². The maximum absolute atomic E-state index is 6.32. The molecule has 0 aliphatic rings. The van der Waals surface area contributed by atoms with Gasteiger partial charge in [-0.1, -0.05) is 34.8 Å². The van der Waals surface area contributed by atoms with Crippen molar-refractivity contribution in [2.45, 2.75) is 0 Å². The number of aromatic nitrogens is 2. The van der Waals surface area contributed by atoms with Crippen LogP contribution in [0, 0.1) is 8.34 Å². The van der Waals surface area contributed by atoms with E-state index in [1.165, 1.54) is 0 Å². The molecule has 20 heavy (non-hydrogen) atoms. The average Bonchev–Trinajstić information content (AvgIpc) is 2.66. The second kappa shape index (κ2) is 5.50. The lowest BCUT2D eigenvalue weighted by molar-refractivity contribution is 1.06. The quantitative estimate of drug-likeness (QED) is 0.340. The summed E-state index contributed by atoms with van der Waals surface area (Å²) in [6, 6.07) is 9.32. The summed E-state index contributed by atoms with van der Waals surface area (Å²) < 4.78 is 3.45. The van der Waals surface area contributed by atoms with E-state index in [1.54, 1.807) is 12.1 Å². The maximum Gasteiger partial charge on any atom is 0.182 e. The Balaban J connectivity index is 2.39. The topological polar surface area (TPSA) is 20.7 Å². The Labute approximate surface area is 148 Å². The van der Waals surface area contributed by atoms with Gasteiger partial charge in [-0.2, -0.15) is 0 Å². The van der Waals surface area contributed by atoms with Crippen LogP contribution in [-0.2, 0) is 0 Å². The second-order valence-electron chi connectivity index (χ2n) is 4.14. The third kappa shape index (κ3) is 2.48. The van der Waals surface area contributed by atoms with E-state index in [9.17, 15) is 0 Å². The molecule has 1 N–H and O–H groups in total. The van der Waals surface area contributed by atoms with Gasteiger partial charge in [-0.15, -0.1) is 0 Å². The maximum atomic E-state index is 6.32. The number of rotatable bonds is 1. The molecule has 7 heteroatoms. The number of hydrogen-bond donors (Lipinski definition) is 1. The Morgan fingerprint density at radius 2 is 1.70 bits per heavy atom. The van der Waals surface area contributed by atoms with E-state index in [-0.39, 0.29) is 0 Å². The van der Waals surface area contributed by atoms with Crippen LogP contribution >= 0.6 is 69.6 Å². The molecule has 2 nitrogen and oxygen atoms in total. The molecule has 0 aliphatic heterocycles. The number of nitrogens with zero attached hydrogens (tertiary/aromatic N) is 1. The smallest absolute Gasteiger partial charge is 0.182 e. The minimum Gasteiger partial charge on any atom is -0.330 e. The normalized spacial score (nSPS) is 11.2. The molecule has 3 rings (SSSR count). The zero-order valence-electron chi connectivity index (χ0n) is 9.75. The summed E-state index contributed by atoms with van der Waals surface area (Å²) in [5.41, 5.74) is 2.47. The first-order valence-corrected chi connectivity index (χ1v) is 8.14. The molecule has 102 valence electrons. The number of fused-ring (bicyclic) bond motifs is 1. The highest BCUT2D eigenvalue weighted by Gasteiger charge is 2.12. The van der Waals surface area contributed by atoms with Gasteiger partial charge in [0.2, 0.25) is 0 Å². The predicted octanol–water partition coefficient (Wildman–Crippen LogP) is 6.25. The van der Waals surface area contributed by atoms with Gasteiger partial charge in [0.1, 0.15) is 0 Å². The van der Waals surface area contributed by atoms with Gasteiger partial charge in [-0.05, 0) is 65.1 Å². The highest BCUT2D eigenvalue weighted by Crippen LogP contribution is 2.31. The van der Waals surface area contributed by atoms with Crippen molar-refractivity contribution in [3.05, 3.63) is 53.7 Å². The minimum atomic E-state index is 0.476. The molecule has 0 fully saturated rings. The van der Waals surface area contributed by atoms with Gasteiger partial charge in [-0.25, -0.2) is 0 Å². The number of benzene rings is 2. The Morgan fingerprint density at radius 3 is 2.40 bits per heavy atom. The van der Waals surface area contributed by atoms with Crippen molar-refractivity contribution in [3.63, 3.8) is 0 Å². The first-order valence-electron chi connectivity index (χ1n) is 5.52. The standard InChI is InChI=1S/C13H6Cl3IN2S/c14-7-4-10-12(5-8(7)15)19(13(20)18-10)11-2-1-6(17)3-9(11)16/h1-5H,(H,18,20). The van der Waals surface area contributed by atoms with Gasteiger partial charge >= 0.3 is 0 Å². The molecule has 1 heterocycles. The lowest BCUT2D eigenvalue weighted by atomic mass is 10.3. The molecule has 0 radical (unpaired) electrons. The number of halogens is 4. The molecular weight excluding hydrogens is 449 g/mol. The van der Waals surface area contributed by atoms with E-state index in [1.807, 2.05) is 22.8 Å².